The van der Waals surface area contributed by atoms with Gasteiger partial charge in [-0.05, 0) is 17.7 Å². The molecule has 2 rings (SSSR count). The van der Waals surface area contributed by atoms with Gasteiger partial charge in [0, 0.05) is 30.9 Å². The first-order valence-electron chi connectivity index (χ1n) is 6.53. The summed E-state index contributed by atoms with van der Waals surface area (Å²) in [6, 6.07) is 7.76. The lowest BCUT2D eigenvalue weighted by Gasteiger charge is -2.23. The molecule has 1 aromatic carbocycles. The van der Waals surface area contributed by atoms with Crippen LogP contribution >= 0.6 is 0 Å². The van der Waals surface area contributed by atoms with E-state index in [-0.39, 0.29) is 11.3 Å². The second kappa shape index (κ2) is 5.46. The molecule has 1 aromatic heterocycles. The molecule has 1 amide bonds. The van der Waals surface area contributed by atoms with E-state index in [0.29, 0.717) is 12.1 Å². The number of hydrogen-bond acceptors (Lipinski definition) is 3. The number of rotatable bonds is 4. The normalized spacial score (nSPS) is 11.4. The van der Waals surface area contributed by atoms with Crippen molar-refractivity contribution in [3.05, 3.63) is 47.8 Å². The number of anilines is 1. The fraction of sp³-hybridized carbons (Fsp3) is 0.333. The number of carbonyl (C=O) groups is 1. The average molecular weight is 272 g/mol. The third kappa shape index (κ3) is 3.05. The Morgan fingerprint density at radius 1 is 1.35 bits per heavy atom. The summed E-state index contributed by atoms with van der Waals surface area (Å²) in [5.74, 6) is -0.163. The lowest BCUT2D eigenvalue weighted by atomic mass is 9.85. The van der Waals surface area contributed by atoms with Gasteiger partial charge in [-0.1, -0.05) is 26.0 Å². The van der Waals surface area contributed by atoms with Crippen LogP contribution < -0.4 is 11.1 Å². The van der Waals surface area contributed by atoms with E-state index in [4.69, 9.17) is 5.73 Å². The number of amides is 1. The predicted octanol–water partition coefficient (Wildman–Crippen LogP) is 1.91. The fourth-order valence-electron chi connectivity index (χ4n) is 1.86. The Labute approximate surface area is 118 Å². The number of nitrogens with two attached hydrogens (primary N) is 1. The van der Waals surface area contributed by atoms with Gasteiger partial charge < -0.3 is 11.1 Å². The molecular weight excluding hydrogens is 252 g/mol. The molecule has 0 aliphatic heterocycles. The third-order valence-electron chi connectivity index (χ3n) is 3.40. The molecule has 20 heavy (non-hydrogen) atoms. The van der Waals surface area contributed by atoms with Crippen molar-refractivity contribution in [2.24, 2.45) is 12.8 Å². The number of benzene rings is 1. The third-order valence-corrected chi connectivity index (χ3v) is 3.40. The van der Waals surface area contributed by atoms with Gasteiger partial charge in [0.1, 0.15) is 0 Å². The van der Waals surface area contributed by atoms with Crippen molar-refractivity contribution in [1.82, 2.24) is 9.78 Å². The van der Waals surface area contributed by atoms with Crippen molar-refractivity contribution in [2.45, 2.75) is 19.3 Å². The second-order valence-electron chi connectivity index (χ2n) is 5.52. The summed E-state index contributed by atoms with van der Waals surface area (Å²) in [6.45, 7) is 4.76. The first-order chi connectivity index (χ1) is 9.42. The van der Waals surface area contributed by atoms with Crippen molar-refractivity contribution < 1.29 is 4.79 Å². The lowest BCUT2D eigenvalue weighted by Crippen LogP contribution is -2.27. The van der Waals surface area contributed by atoms with E-state index < -0.39 is 0 Å². The van der Waals surface area contributed by atoms with Crippen molar-refractivity contribution in [2.75, 3.05) is 11.9 Å². The molecule has 2 aromatic rings. The molecule has 0 atom stereocenters. The van der Waals surface area contributed by atoms with Gasteiger partial charge >= 0.3 is 0 Å². The number of carbonyl (C=O) groups excluding carboxylic acids is 1. The zero-order valence-corrected chi connectivity index (χ0v) is 12.1. The maximum Gasteiger partial charge on any atom is 0.258 e. The maximum atomic E-state index is 12.0. The van der Waals surface area contributed by atoms with E-state index in [9.17, 15) is 4.79 Å². The molecule has 5 heteroatoms. The Bertz CT molecular complexity index is 599. The van der Waals surface area contributed by atoms with E-state index in [1.165, 1.54) is 0 Å². The Morgan fingerprint density at radius 3 is 2.50 bits per heavy atom. The molecule has 0 unspecified atom stereocenters. The quantitative estimate of drug-likeness (QED) is 0.893. The summed E-state index contributed by atoms with van der Waals surface area (Å²) in [4.78, 5) is 12.0. The smallest absolute Gasteiger partial charge is 0.258 e. The Morgan fingerprint density at radius 2 is 2.00 bits per heavy atom. The molecule has 0 aliphatic rings. The Hall–Kier alpha value is -2.14. The molecule has 0 radical (unpaired) electrons. The van der Waals surface area contributed by atoms with E-state index in [0.717, 1.165) is 11.3 Å². The van der Waals surface area contributed by atoms with Crippen molar-refractivity contribution in [3.63, 3.8) is 0 Å². The van der Waals surface area contributed by atoms with Gasteiger partial charge in [-0.3, -0.25) is 9.48 Å². The first-order valence-corrected chi connectivity index (χ1v) is 6.53. The van der Waals surface area contributed by atoms with Crippen LogP contribution in [0.5, 0.6) is 0 Å². The van der Waals surface area contributed by atoms with E-state index >= 15 is 0 Å². The minimum atomic E-state index is -0.163. The SMILES string of the molecule is Cn1cc(C(=O)Nc2ccc(C(C)(C)CN)cc2)cn1. The van der Waals surface area contributed by atoms with Gasteiger partial charge in [0.25, 0.3) is 5.91 Å². The number of nitrogens with zero attached hydrogens (tertiary/aromatic N) is 2. The Balaban J connectivity index is 2.10. The highest BCUT2D eigenvalue weighted by Gasteiger charge is 2.18. The molecule has 0 fully saturated rings. The van der Waals surface area contributed by atoms with Gasteiger partial charge in [0.15, 0.2) is 0 Å². The van der Waals surface area contributed by atoms with Gasteiger partial charge in [-0.2, -0.15) is 5.10 Å². The van der Waals surface area contributed by atoms with Crippen LogP contribution in [0, 0.1) is 0 Å². The highest BCUT2D eigenvalue weighted by Crippen LogP contribution is 2.23. The number of aryl methyl sites for hydroxylation is 1. The van der Waals surface area contributed by atoms with Crippen molar-refractivity contribution >= 4 is 11.6 Å². The van der Waals surface area contributed by atoms with Gasteiger partial charge in [-0.15, -0.1) is 0 Å². The molecule has 1 heterocycles. The highest BCUT2D eigenvalue weighted by atomic mass is 16.1. The fourth-order valence-corrected chi connectivity index (χ4v) is 1.86. The molecule has 3 N–H and O–H groups in total. The number of nitrogens with one attached hydrogen (secondary N) is 1. The standard InChI is InChI=1S/C15H20N4O/c1-15(2,10-16)12-4-6-13(7-5-12)18-14(20)11-8-17-19(3)9-11/h4-9H,10,16H2,1-3H3,(H,18,20). The van der Waals surface area contributed by atoms with Crippen LogP contribution in [0.25, 0.3) is 0 Å². The average Bonchev–Trinajstić information content (AvgIpc) is 2.86. The van der Waals surface area contributed by atoms with Crippen LogP contribution in [0.4, 0.5) is 5.69 Å². The highest BCUT2D eigenvalue weighted by molar-refractivity contribution is 6.03. The van der Waals surface area contributed by atoms with Crippen LogP contribution in [0.1, 0.15) is 29.8 Å². The summed E-state index contributed by atoms with van der Waals surface area (Å²) >= 11 is 0. The Kier molecular flexibility index (Phi) is 3.90. The van der Waals surface area contributed by atoms with Crippen LogP contribution in [-0.2, 0) is 12.5 Å². The molecule has 0 bridgehead atoms. The van der Waals surface area contributed by atoms with E-state index in [2.05, 4.69) is 24.3 Å². The molecule has 0 saturated carbocycles. The molecule has 0 spiro atoms. The topological polar surface area (TPSA) is 72.9 Å². The summed E-state index contributed by atoms with van der Waals surface area (Å²) in [5.41, 5.74) is 8.15. The van der Waals surface area contributed by atoms with Crippen LogP contribution in [0.2, 0.25) is 0 Å². The zero-order chi connectivity index (χ0) is 14.8. The van der Waals surface area contributed by atoms with Crippen molar-refractivity contribution in [3.8, 4) is 0 Å². The largest absolute Gasteiger partial charge is 0.330 e. The second-order valence-corrected chi connectivity index (χ2v) is 5.52. The summed E-state index contributed by atoms with van der Waals surface area (Å²) < 4.78 is 1.60. The molecule has 5 nitrogen and oxygen atoms in total. The van der Waals surface area contributed by atoms with Crippen LogP contribution in [-0.4, -0.2) is 22.2 Å². The molecule has 0 saturated heterocycles. The zero-order valence-electron chi connectivity index (χ0n) is 12.1. The molecule has 0 aliphatic carbocycles. The minimum absolute atomic E-state index is 0.0636. The van der Waals surface area contributed by atoms with Crippen LogP contribution in [0.15, 0.2) is 36.7 Å². The van der Waals surface area contributed by atoms with Crippen molar-refractivity contribution in [1.29, 1.82) is 0 Å². The van der Waals surface area contributed by atoms with E-state index in [1.54, 1.807) is 24.1 Å². The van der Waals surface area contributed by atoms with Crippen LogP contribution in [0.3, 0.4) is 0 Å². The number of aromatic nitrogens is 2. The van der Waals surface area contributed by atoms with Gasteiger partial charge in [0.2, 0.25) is 0 Å². The minimum Gasteiger partial charge on any atom is -0.330 e. The summed E-state index contributed by atoms with van der Waals surface area (Å²) in [6.07, 6.45) is 3.22. The monoisotopic (exact) mass is 272 g/mol. The summed E-state index contributed by atoms with van der Waals surface area (Å²) in [5, 5.41) is 6.82. The maximum absolute atomic E-state index is 12.0. The van der Waals surface area contributed by atoms with Gasteiger partial charge in [-0.25, -0.2) is 0 Å². The number of hydrogen-bond donors (Lipinski definition) is 2. The molecular formula is C15H20N4O. The first kappa shape index (κ1) is 14.3. The van der Waals surface area contributed by atoms with Gasteiger partial charge in [0.05, 0.1) is 11.8 Å². The molecule has 106 valence electrons. The summed E-state index contributed by atoms with van der Waals surface area (Å²) in [7, 11) is 1.78. The predicted molar refractivity (Wildman–Crippen MR) is 79.7 cm³/mol. The van der Waals surface area contributed by atoms with E-state index in [1.807, 2.05) is 24.3 Å². The lowest BCUT2D eigenvalue weighted by molar-refractivity contribution is 0.102.